The molecule has 0 aromatic carbocycles. The number of rotatable bonds is 4. The lowest BCUT2D eigenvalue weighted by Gasteiger charge is -2.35. The zero-order valence-electron chi connectivity index (χ0n) is 17.0. The maximum atomic E-state index is 12.6. The van der Waals surface area contributed by atoms with Gasteiger partial charge in [0.05, 0.1) is 17.8 Å². The van der Waals surface area contributed by atoms with Crippen LogP contribution in [0.3, 0.4) is 0 Å². The summed E-state index contributed by atoms with van der Waals surface area (Å²) in [7, 11) is 0. The molecule has 1 N–H and O–H groups in total. The zero-order valence-corrected chi connectivity index (χ0v) is 17.0. The van der Waals surface area contributed by atoms with Gasteiger partial charge in [0.15, 0.2) is 0 Å². The van der Waals surface area contributed by atoms with Crippen molar-refractivity contribution in [2.45, 2.75) is 13.3 Å². The van der Waals surface area contributed by atoms with Crippen molar-refractivity contribution in [1.29, 1.82) is 0 Å². The fourth-order valence-electron chi connectivity index (χ4n) is 4.25. The standard InChI is InChI=1S/C22H24N6O2/c1-15(29)27-7-4-26(5-8-27)6-9-28-20-11-18(13-24-19(20)12-21(28)30)17-10-16-2-3-23-22(16)25-14-17/h2-3,10-11,13-14H,4-9,12H2,1H3,(H,23,25). The molecule has 0 bridgehead atoms. The Hall–Kier alpha value is -3.26. The third-order valence-corrected chi connectivity index (χ3v) is 6.05. The van der Waals surface area contributed by atoms with Crippen LogP contribution in [0.25, 0.3) is 22.2 Å². The Labute approximate surface area is 174 Å². The van der Waals surface area contributed by atoms with E-state index in [4.69, 9.17) is 0 Å². The van der Waals surface area contributed by atoms with Crippen LogP contribution in [0, 0.1) is 0 Å². The molecule has 2 aliphatic rings. The van der Waals surface area contributed by atoms with Crippen LogP contribution in [0.15, 0.2) is 36.8 Å². The molecule has 5 rings (SSSR count). The summed E-state index contributed by atoms with van der Waals surface area (Å²) in [5.74, 6) is 0.223. The second kappa shape index (κ2) is 7.53. The fraction of sp³-hybridized carbons (Fsp3) is 0.364. The first-order valence-electron chi connectivity index (χ1n) is 10.3. The number of anilines is 1. The van der Waals surface area contributed by atoms with Crippen molar-refractivity contribution in [3.63, 3.8) is 0 Å². The predicted octanol–water partition coefficient (Wildman–Crippen LogP) is 1.68. The van der Waals surface area contributed by atoms with Crippen LogP contribution in [0.1, 0.15) is 12.6 Å². The van der Waals surface area contributed by atoms with Gasteiger partial charge >= 0.3 is 0 Å². The third-order valence-electron chi connectivity index (χ3n) is 6.05. The molecule has 0 spiro atoms. The normalized spacial score (nSPS) is 17.0. The molecule has 8 heteroatoms. The number of H-pyrrole nitrogens is 1. The Morgan fingerprint density at radius 2 is 1.83 bits per heavy atom. The molecule has 5 heterocycles. The van der Waals surface area contributed by atoms with Gasteiger partial charge in [0, 0.05) is 81.3 Å². The van der Waals surface area contributed by atoms with E-state index in [1.807, 2.05) is 34.5 Å². The molecule has 0 saturated carbocycles. The molecule has 2 aliphatic heterocycles. The first kappa shape index (κ1) is 18.7. The van der Waals surface area contributed by atoms with Crippen molar-refractivity contribution >= 4 is 28.5 Å². The third kappa shape index (κ3) is 3.43. The van der Waals surface area contributed by atoms with E-state index in [0.29, 0.717) is 13.0 Å². The van der Waals surface area contributed by atoms with Crippen molar-refractivity contribution in [1.82, 2.24) is 24.8 Å². The summed E-state index contributed by atoms with van der Waals surface area (Å²) < 4.78 is 0. The minimum Gasteiger partial charge on any atom is -0.346 e. The molecule has 30 heavy (non-hydrogen) atoms. The van der Waals surface area contributed by atoms with E-state index in [2.05, 4.69) is 32.0 Å². The van der Waals surface area contributed by atoms with Crippen molar-refractivity contribution in [3.8, 4) is 11.1 Å². The van der Waals surface area contributed by atoms with Crippen LogP contribution in [0.4, 0.5) is 5.69 Å². The highest BCUT2D eigenvalue weighted by Crippen LogP contribution is 2.32. The molecule has 8 nitrogen and oxygen atoms in total. The number of hydrogen-bond acceptors (Lipinski definition) is 5. The van der Waals surface area contributed by atoms with E-state index < -0.39 is 0 Å². The Bertz CT molecular complexity index is 1120. The highest BCUT2D eigenvalue weighted by atomic mass is 16.2. The first-order valence-corrected chi connectivity index (χ1v) is 10.3. The number of fused-ring (bicyclic) bond motifs is 2. The lowest BCUT2D eigenvalue weighted by molar-refractivity contribution is -0.130. The number of nitrogens with one attached hydrogen (secondary N) is 1. The molecule has 154 valence electrons. The lowest BCUT2D eigenvalue weighted by atomic mass is 10.1. The van der Waals surface area contributed by atoms with Gasteiger partial charge in [-0.05, 0) is 18.2 Å². The average Bonchev–Trinajstić information content (AvgIpc) is 3.35. The summed E-state index contributed by atoms with van der Waals surface area (Å²) in [5.41, 5.74) is 4.53. The minimum absolute atomic E-state index is 0.0937. The van der Waals surface area contributed by atoms with E-state index >= 15 is 0 Å². The maximum absolute atomic E-state index is 12.6. The topological polar surface area (TPSA) is 85.4 Å². The van der Waals surface area contributed by atoms with Gasteiger partial charge in [-0.1, -0.05) is 0 Å². The van der Waals surface area contributed by atoms with Crippen molar-refractivity contribution in [3.05, 3.63) is 42.5 Å². The van der Waals surface area contributed by atoms with Gasteiger partial charge in [-0.2, -0.15) is 0 Å². The second-order valence-electron chi connectivity index (χ2n) is 7.90. The molecule has 2 amide bonds. The number of amides is 2. The highest BCUT2D eigenvalue weighted by molar-refractivity contribution is 6.01. The summed E-state index contributed by atoms with van der Waals surface area (Å²) in [6, 6.07) is 6.13. The van der Waals surface area contributed by atoms with E-state index in [-0.39, 0.29) is 11.8 Å². The van der Waals surface area contributed by atoms with Crippen LogP contribution in [0.2, 0.25) is 0 Å². The van der Waals surface area contributed by atoms with Crippen molar-refractivity contribution < 1.29 is 9.59 Å². The first-order chi connectivity index (χ1) is 14.6. The summed E-state index contributed by atoms with van der Waals surface area (Å²) in [6.07, 6.45) is 5.88. The van der Waals surface area contributed by atoms with E-state index in [9.17, 15) is 9.59 Å². The molecule has 0 aliphatic carbocycles. The lowest BCUT2D eigenvalue weighted by Crippen LogP contribution is -2.50. The zero-order chi connectivity index (χ0) is 20.7. The minimum atomic E-state index is 0.0937. The Morgan fingerprint density at radius 1 is 1.07 bits per heavy atom. The number of carbonyl (C=O) groups excluding carboxylic acids is 2. The van der Waals surface area contributed by atoms with Gasteiger partial charge in [-0.25, -0.2) is 4.98 Å². The smallest absolute Gasteiger partial charge is 0.233 e. The molecule has 0 radical (unpaired) electrons. The quantitative estimate of drug-likeness (QED) is 0.715. The molecule has 0 unspecified atom stereocenters. The van der Waals surface area contributed by atoms with E-state index in [0.717, 1.165) is 66.3 Å². The Kier molecular flexibility index (Phi) is 4.71. The number of carbonyl (C=O) groups is 2. The summed E-state index contributed by atoms with van der Waals surface area (Å²) in [6.45, 7) is 6.22. The average molecular weight is 404 g/mol. The van der Waals surface area contributed by atoms with Gasteiger partial charge in [0.1, 0.15) is 5.65 Å². The van der Waals surface area contributed by atoms with Crippen molar-refractivity contribution in [2.75, 3.05) is 44.2 Å². The molecule has 3 aromatic rings. The summed E-state index contributed by atoms with van der Waals surface area (Å²) >= 11 is 0. The van der Waals surface area contributed by atoms with Gasteiger partial charge in [-0.3, -0.25) is 19.5 Å². The Balaban J connectivity index is 1.32. The van der Waals surface area contributed by atoms with Crippen LogP contribution in [0.5, 0.6) is 0 Å². The summed E-state index contributed by atoms with van der Waals surface area (Å²) in [4.78, 5) is 42.3. The number of hydrogen-bond donors (Lipinski definition) is 1. The highest BCUT2D eigenvalue weighted by Gasteiger charge is 2.29. The molecule has 3 aromatic heterocycles. The van der Waals surface area contributed by atoms with E-state index in [1.165, 1.54) is 0 Å². The van der Waals surface area contributed by atoms with Crippen LogP contribution >= 0.6 is 0 Å². The monoisotopic (exact) mass is 404 g/mol. The molecular weight excluding hydrogens is 380 g/mol. The number of aromatic nitrogens is 3. The predicted molar refractivity (Wildman–Crippen MR) is 114 cm³/mol. The van der Waals surface area contributed by atoms with E-state index in [1.54, 1.807) is 6.92 Å². The van der Waals surface area contributed by atoms with Gasteiger partial charge in [0.25, 0.3) is 0 Å². The van der Waals surface area contributed by atoms with Crippen LogP contribution in [-0.2, 0) is 16.0 Å². The van der Waals surface area contributed by atoms with Crippen LogP contribution in [-0.4, -0.2) is 75.8 Å². The molecular formula is C22H24N6O2. The van der Waals surface area contributed by atoms with Gasteiger partial charge in [0.2, 0.25) is 11.8 Å². The largest absolute Gasteiger partial charge is 0.346 e. The number of pyridine rings is 2. The second-order valence-corrected chi connectivity index (χ2v) is 7.90. The SMILES string of the molecule is CC(=O)N1CCN(CCN2C(=O)Cc3ncc(-c4cnc5[nH]ccc5c4)cc32)CC1. The van der Waals surface area contributed by atoms with Gasteiger partial charge in [-0.15, -0.1) is 0 Å². The molecule has 1 saturated heterocycles. The van der Waals surface area contributed by atoms with Crippen LogP contribution < -0.4 is 4.90 Å². The fourth-order valence-corrected chi connectivity index (χ4v) is 4.25. The molecule has 1 fully saturated rings. The summed E-state index contributed by atoms with van der Waals surface area (Å²) in [5, 5.41) is 1.05. The Morgan fingerprint density at radius 3 is 2.63 bits per heavy atom. The number of aromatic amines is 1. The van der Waals surface area contributed by atoms with Gasteiger partial charge < -0.3 is 14.8 Å². The number of nitrogens with zero attached hydrogens (tertiary/aromatic N) is 5. The number of piperazine rings is 1. The maximum Gasteiger partial charge on any atom is 0.233 e. The molecule has 0 atom stereocenters. The van der Waals surface area contributed by atoms with Crippen molar-refractivity contribution in [2.24, 2.45) is 0 Å².